The zero-order chi connectivity index (χ0) is 3.54. The molecule has 0 atom stereocenters. The van der Waals surface area contributed by atoms with Gasteiger partial charge in [-0.1, -0.05) is 0 Å². The Labute approximate surface area is 47.5 Å². The standard InChI is InChI=1S/C3H4N2.ClH.H2O/c1-2-4-5-3-1;;/h1-3H,(H,4,5);1H;1H2. The van der Waals surface area contributed by atoms with E-state index in [-0.39, 0.29) is 17.9 Å². The summed E-state index contributed by atoms with van der Waals surface area (Å²) >= 11 is 0. The summed E-state index contributed by atoms with van der Waals surface area (Å²) in [6, 6.07) is 1.83. The first-order valence-corrected chi connectivity index (χ1v) is 1.44. The van der Waals surface area contributed by atoms with Crippen LogP contribution in [-0.2, 0) is 0 Å². The van der Waals surface area contributed by atoms with Crippen LogP contribution in [0.5, 0.6) is 0 Å². The van der Waals surface area contributed by atoms with E-state index in [1.165, 1.54) is 0 Å². The number of hydrogen-bond acceptors (Lipinski definition) is 1. The number of nitrogens with one attached hydrogen (secondary N) is 1. The Bertz CT molecular complexity index is 69.4. The number of nitrogens with zero attached hydrogens (tertiary/aromatic N) is 1. The molecule has 0 saturated carbocycles. The van der Waals surface area contributed by atoms with Crippen molar-refractivity contribution < 1.29 is 5.48 Å². The van der Waals surface area contributed by atoms with Crippen molar-refractivity contribution >= 4 is 12.4 Å². The van der Waals surface area contributed by atoms with Crippen molar-refractivity contribution in [3.63, 3.8) is 0 Å². The van der Waals surface area contributed by atoms with Crippen LogP contribution in [-0.4, -0.2) is 15.7 Å². The monoisotopic (exact) mass is 122 g/mol. The maximum Gasteiger partial charge on any atom is 0.0487 e. The minimum atomic E-state index is 0. The third-order valence-electron chi connectivity index (χ3n) is 0.406. The second kappa shape index (κ2) is 5.46. The van der Waals surface area contributed by atoms with E-state index in [0.29, 0.717) is 0 Å². The van der Waals surface area contributed by atoms with Gasteiger partial charge in [0.25, 0.3) is 0 Å². The topological polar surface area (TPSA) is 60.2 Å². The quantitative estimate of drug-likeness (QED) is 0.518. The minimum absolute atomic E-state index is 0. The zero-order valence-corrected chi connectivity index (χ0v) is 4.40. The zero-order valence-electron chi connectivity index (χ0n) is 3.59. The normalized spacial score (nSPS) is 5.71. The van der Waals surface area contributed by atoms with Gasteiger partial charge in [0.15, 0.2) is 0 Å². The Morgan fingerprint density at radius 2 is 2.14 bits per heavy atom. The fourth-order valence-electron chi connectivity index (χ4n) is 0.215. The van der Waals surface area contributed by atoms with E-state index < -0.39 is 0 Å². The molecule has 0 bridgehead atoms. The number of halogens is 1. The number of rotatable bonds is 0. The van der Waals surface area contributed by atoms with Gasteiger partial charge in [-0.15, -0.1) is 12.4 Å². The first kappa shape index (κ1) is 9.68. The number of H-pyrrole nitrogens is 1. The molecule has 1 rings (SSSR count). The lowest BCUT2D eigenvalue weighted by atomic mass is 10.8. The van der Waals surface area contributed by atoms with Gasteiger partial charge in [-0.2, -0.15) is 5.10 Å². The van der Waals surface area contributed by atoms with Crippen LogP contribution in [0, 0.1) is 0 Å². The summed E-state index contributed by atoms with van der Waals surface area (Å²) < 4.78 is 0. The average Bonchev–Trinajstić information content (AvgIpc) is 1.76. The van der Waals surface area contributed by atoms with Crippen LogP contribution in [0.25, 0.3) is 0 Å². The van der Waals surface area contributed by atoms with E-state index in [9.17, 15) is 0 Å². The van der Waals surface area contributed by atoms with Crippen molar-refractivity contribution in [1.82, 2.24) is 10.2 Å². The van der Waals surface area contributed by atoms with Crippen LogP contribution in [0.4, 0.5) is 0 Å². The molecule has 0 aromatic carbocycles. The molecule has 1 heterocycles. The number of aromatic nitrogens is 2. The molecule has 1 aromatic rings. The van der Waals surface area contributed by atoms with Crippen molar-refractivity contribution in [1.29, 1.82) is 0 Å². The second-order valence-electron chi connectivity index (χ2n) is 0.766. The number of aromatic amines is 1. The van der Waals surface area contributed by atoms with Gasteiger partial charge < -0.3 is 5.48 Å². The molecule has 3 nitrogen and oxygen atoms in total. The van der Waals surface area contributed by atoms with E-state index in [0.717, 1.165) is 0 Å². The Kier molecular flexibility index (Phi) is 7.55. The van der Waals surface area contributed by atoms with Gasteiger partial charge >= 0.3 is 0 Å². The lowest BCUT2D eigenvalue weighted by Crippen LogP contribution is -1.53. The molecule has 3 N–H and O–H groups in total. The Morgan fingerprint density at radius 3 is 2.29 bits per heavy atom. The third-order valence-corrected chi connectivity index (χ3v) is 0.406. The van der Waals surface area contributed by atoms with Crippen molar-refractivity contribution in [2.24, 2.45) is 0 Å². The van der Waals surface area contributed by atoms with Crippen LogP contribution in [0.1, 0.15) is 0 Å². The molecule has 1 aromatic heterocycles. The Morgan fingerprint density at radius 1 is 1.43 bits per heavy atom. The summed E-state index contributed by atoms with van der Waals surface area (Å²) in [6.07, 6.45) is 3.46. The first-order valence-electron chi connectivity index (χ1n) is 1.44. The van der Waals surface area contributed by atoms with E-state index in [1.807, 2.05) is 6.07 Å². The highest BCUT2D eigenvalue weighted by atomic mass is 35.5. The van der Waals surface area contributed by atoms with Gasteiger partial charge in [-0.25, -0.2) is 0 Å². The average molecular weight is 123 g/mol. The fourth-order valence-corrected chi connectivity index (χ4v) is 0.215. The van der Waals surface area contributed by atoms with Crippen LogP contribution < -0.4 is 0 Å². The summed E-state index contributed by atoms with van der Waals surface area (Å²) in [5.74, 6) is 0. The molecule has 42 valence electrons. The van der Waals surface area contributed by atoms with Crippen LogP contribution in [0.3, 0.4) is 0 Å². The van der Waals surface area contributed by atoms with Gasteiger partial charge in [0.05, 0.1) is 0 Å². The van der Waals surface area contributed by atoms with Crippen LogP contribution in [0.15, 0.2) is 18.5 Å². The molecule has 0 saturated heterocycles. The fraction of sp³-hybridized carbons (Fsp3) is 0. The van der Waals surface area contributed by atoms with Crippen molar-refractivity contribution in [2.45, 2.75) is 0 Å². The summed E-state index contributed by atoms with van der Waals surface area (Å²) in [6.45, 7) is 0. The van der Waals surface area contributed by atoms with Gasteiger partial charge in [-0.3, -0.25) is 5.10 Å². The van der Waals surface area contributed by atoms with Crippen molar-refractivity contribution in [3.05, 3.63) is 18.5 Å². The molecule has 0 aliphatic rings. The first-order chi connectivity index (χ1) is 2.50. The van der Waals surface area contributed by atoms with E-state index in [2.05, 4.69) is 10.2 Å². The summed E-state index contributed by atoms with van der Waals surface area (Å²) in [5, 5.41) is 6.21. The largest absolute Gasteiger partial charge is 0.412 e. The van der Waals surface area contributed by atoms with Gasteiger partial charge in [0.1, 0.15) is 0 Å². The van der Waals surface area contributed by atoms with Crippen LogP contribution in [0.2, 0.25) is 0 Å². The predicted molar refractivity (Wildman–Crippen MR) is 29.4 cm³/mol. The van der Waals surface area contributed by atoms with Crippen molar-refractivity contribution in [3.8, 4) is 0 Å². The Hall–Kier alpha value is -0.540. The van der Waals surface area contributed by atoms with Gasteiger partial charge in [0.2, 0.25) is 0 Å². The molecule has 0 amide bonds. The molecule has 0 fully saturated rings. The van der Waals surface area contributed by atoms with E-state index in [1.54, 1.807) is 12.4 Å². The molecule has 0 aliphatic carbocycles. The summed E-state index contributed by atoms with van der Waals surface area (Å²) in [5.41, 5.74) is 0. The maximum absolute atomic E-state index is 3.60. The predicted octanol–water partition coefficient (Wildman–Crippen LogP) is 0.00680. The van der Waals surface area contributed by atoms with Gasteiger partial charge in [-0.05, 0) is 6.07 Å². The van der Waals surface area contributed by atoms with Crippen molar-refractivity contribution in [2.75, 3.05) is 0 Å². The minimum Gasteiger partial charge on any atom is -0.412 e. The smallest absolute Gasteiger partial charge is 0.0487 e. The third kappa shape index (κ3) is 3.29. The second-order valence-corrected chi connectivity index (χ2v) is 0.766. The molecule has 7 heavy (non-hydrogen) atoms. The van der Waals surface area contributed by atoms with Crippen LogP contribution >= 0.6 is 12.4 Å². The Balaban J connectivity index is 0. The number of hydrogen-bond donors (Lipinski definition) is 1. The van der Waals surface area contributed by atoms with E-state index in [4.69, 9.17) is 0 Å². The highest BCUT2D eigenvalue weighted by Crippen LogP contribution is 1.64. The molecular formula is C3H7ClN2O. The highest BCUT2D eigenvalue weighted by Gasteiger charge is 1.56. The lowest BCUT2D eigenvalue weighted by Gasteiger charge is -1.49. The highest BCUT2D eigenvalue weighted by molar-refractivity contribution is 5.85. The maximum atomic E-state index is 3.60. The molecule has 0 radical (unpaired) electrons. The van der Waals surface area contributed by atoms with Gasteiger partial charge in [0, 0.05) is 12.4 Å². The molecule has 0 spiro atoms. The molecular weight excluding hydrogens is 115 g/mol. The lowest BCUT2D eigenvalue weighted by molar-refractivity contribution is 0.824. The summed E-state index contributed by atoms with van der Waals surface area (Å²) in [7, 11) is 0. The summed E-state index contributed by atoms with van der Waals surface area (Å²) in [4.78, 5) is 0. The molecule has 0 unspecified atom stereocenters. The van der Waals surface area contributed by atoms with E-state index >= 15 is 0 Å². The SMILES string of the molecule is Cl.O.c1cn[nH]c1. The molecule has 4 heteroatoms. The molecule has 0 aliphatic heterocycles.